The highest BCUT2D eigenvalue weighted by Gasteiger charge is 2.29. The molecule has 38 heavy (non-hydrogen) atoms. The van der Waals surface area contributed by atoms with Crippen LogP contribution in [0, 0.1) is 11.6 Å². The van der Waals surface area contributed by atoms with Crippen molar-refractivity contribution in [1.29, 1.82) is 0 Å². The first-order chi connectivity index (χ1) is 18.3. The second-order valence-electron chi connectivity index (χ2n) is 9.18. The van der Waals surface area contributed by atoms with Crippen molar-refractivity contribution in [3.05, 3.63) is 63.9 Å². The monoisotopic (exact) mass is 528 g/mol. The van der Waals surface area contributed by atoms with Gasteiger partial charge in [0.2, 0.25) is 17.2 Å². The summed E-state index contributed by atoms with van der Waals surface area (Å²) in [6.07, 6.45) is 1.23. The Labute approximate surface area is 215 Å². The van der Waals surface area contributed by atoms with Gasteiger partial charge in [-0.25, -0.2) is 4.39 Å². The van der Waals surface area contributed by atoms with E-state index in [1.165, 1.54) is 10.8 Å². The van der Waals surface area contributed by atoms with Crippen LogP contribution in [-0.4, -0.2) is 67.0 Å². The Morgan fingerprint density at radius 1 is 1.18 bits per heavy atom. The third kappa shape index (κ3) is 4.68. The van der Waals surface area contributed by atoms with Crippen molar-refractivity contribution in [3.63, 3.8) is 0 Å². The first-order valence-electron chi connectivity index (χ1n) is 12.1. The molecule has 2 aromatic carbocycles. The van der Waals surface area contributed by atoms with Crippen LogP contribution in [0.5, 0.6) is 5.75 Å². The average Bonchev–Trinajstić information content (AvgIpc) is 2.93. The molecule has 2 atom stereocenters. The smallest absolute Gasteiger partial charge is 0.257 e. The number of ether oxygens (including phenoxy) is 2. The van der Waals surface area contributed by atoms with Gasteiger partial charge < -0.3 is 34.7 Å². The number of halogens is 2. The fourth-order valence-corrected chi connectivity index (χ4v) is 4.59. The van der Waals surface area contributed by atoms with Crippen molar-refractivity contribution in [2.24, 2.45) is 0 Å². The number of morpholine rings is 1. The van der Waals surface area contributed by atoms with Crippen molar-refractivity contribution in [1.82, 2.24) is 9.88 Å². The number of aliphatic hydroxyl groups is 1. The van der Waals surface area contributed by atoms with Crippen molar-refractivity contribution >= 4 is 34.1 Å². The number of nitrogens with one attached hydrogen (secondary N) is 2. The van der Waals surface area contributed by atoms with Gasteiger partial charge >= 0.3 is 0 Å². The van der Waals surface area contributed by atoms with Crippen LogP contribution in [0.25, 0.3) is 10.9 Å². The molecule has 3 aromatic rings. The number of aliphatic hydroxyl groups excluding tert-OH is 1. The van der Waals surface area contributed by atoms with E-state index in [0.29, 0.717) is 18.9 Å². The van der Waals surface area contributed by atoms with Crippen molar-refractivity contribution < 1.29 is 33.0 Å². The number of carbonyl (C=O) groups is 2. The van der Waals surface area contributed by atoms with Gasteiger partial charge in [-0.2, -0.15) is 4.39 Å². The zero-order chi connectivity index (χ0) is 27.0. The molecule has 0 spiro atoms. The normalized spacial score (nSPS) is 17.6. The van der Waals surface area contributed by atoms with Crippen molar-refractivity contribution in [3.8, 4) is 5.75 Å². The lowest BCUT2D eigenvalue weighted by molar-refractivity contribution is -0.118. The molecular weight excluding hydrogens is 502 g/mol. The minimum atomic E-state index is -1.38. The summed E-state index contributed by atoms with van der Waals surface area (Å²) in [5.74, 6) is -4.53. The Morgan fingerprint density at radius 3 is 2.58 bits per heavy atom. The van der Waals surface area contributed by atoms with E-state index in [1.54, 1.807) is 19.1 Å². The van der Waals surface area contributed by atoms with E-state index in [1.807, 2.05) is 12.1 Å². The number of rotatable bonds is 6. The summed E-state index contributed by atoms with van der Waals surface area (Å²) in [5.41, 5.74) is 0.222. The van der Waals surface area contributed by atoms with E-state index in [-0.39, 0.29) is 29.1 Å². The van der Waals surface area contributed by atoms with Crippen molar-refractivity contribution in [2.75, 3.05) is 49.7 Å². The number of carbonyl (C=O) groups excluding carboxylic acids is 2. The van der Waals surface area contributed by atoms with E-state index < -0.39 is 47.3 Å². The predicted molar refractivity (Wildman–Crippen MR) is 135 cm³/mol. The molecular formula is C26H26F2N4O6. The van der Waals surface area contributed by atoms with E-state index in [9.17, 15) is 28.3 Å². The first-order valence-corrected chi connectivity index (χ1v) is 12.1. The Morgan fingerprint density at radius 2 is 1.89 bits per heavy atom. The summed E-state index contributed by atoms with van der Waals surface area (Å²) in [7, 11) is 0. The summed E-state index contributed by atoms with van der Waals surface area (Å²) in [6.45, 7) is 3.78. The van der Waals surface area contributed by atoms with Crippen LogP contribution in [-0.2, 0) is 9.53 Å². The molecule has 0 bridgehead atoms. The molecule has 1 saturated heterocycles. The quantitative estimate of drug-likeness (QED) is 0.446. The summed E-state index contributed by atoms with van der Waals surface area (Å²) in [4.78, 5) is 41.1. The van der Waals surface area contributed by atoms with Crippen LogP contribution in [0.4, 0.5) is 20.2 Å². The second kappa shape index (κ2) is 10.4. The summed E-state index contributed by atoms with van der Waals surface area (Å²) in [5, 5.41) is 14.6. The minimum Gasteiger partial charge on any atom is -0.486 e. The molecule has 3 N–H and O–H groups in total. The third-order valence-corrected chi connectivity index (χ3v) is 6.67. The highest BCUT2D eigenvalue weighted by Crippen LogP contribution is 2.35. The Kier molecular flexibility index (Phi) is 7.00. The standard InChI is InChI=1S/C26H26F2N4O6/c1-14-13-38-24-21(28)19(27)10-17-22(24)32(14)11-18(23(17)34)25(35)30-20(12-33)26(36)29-15-2-4-16(5-3-15)31-6-8-37-9-7-31/h2-5,10-11,14,20,33H,6-9,12-13H2,1H3,(H,29,36)(H,30,35)/t14?,20-/m0/s1. The lowest BCUT2D eigenvalue weighted by Crippen LogP contribution is -2.47. The molecule has 1 aromatic heterocycles. The predicted octanol–water partition coefficient (Wildman–Crippen LogP) is 1.80. The molecule has 0 radical (unpaired) electrons. The number of amides is 2. The highest BCUT2D eigenvalue weighted by molar-refractivity contribution is 6.03. The zero-order valence-electron chi connectivity index (χ0n) is 20.5. The van der Waals surface area contributed by atoms with Gasteiger partial charge in [0.05, 0.1) is 36.8 Å². The maximum absolute atomic E-state index is 14.3. The molecule has 2 aliphatic rings. The van der Waals surface area contributed by atoms with Gasteiger partial charge in [-0.3, -0.25) is 14.4 Å². The number of hydrogen-bond donors (Lipinski definition) is 3. The second-order valence-corrected chi connectivity index (χ2v) is 9.18. The Balaban J connectivity index is 1.35. The summed E-state index contributed by atoms with van der Waals surface area (Å²) in [6, 6.07) is 6.05. The van der Waals surface area contributed by atoms with Gasteiger partial charge in [-0.05, 0) is 37.3 Å². The van der Waals surface area contributed by atoms with E-state index in [2.05, 4.69) is 15.5 Å². The number of hydrogen-bond acceptors (Lipinski definition) is 7. The van der Waals surface area contributed by atoms with E-state index in [4.69, 9.17) is 9.47 Å². The van der Waals surface area contributed by atoms with Gasteiger partial charge in [-0.15, -0.1) is 0 Å². The molecule has 2 aliphatic heterocycles. The highest BCUT2D eigenvalue weighted by atomic mass is 19.2. The van der Waals surface area contributed by atoms with Crippen LogP contribution < -0.4 is 25.7 Å². The molecule has 10 nitrogen and oxygen atoms in total. The molecule has 5 rings (SSSR count). The van der Waals surface area contributed by atoms with Crippen LogP contribution in [0.3, 0.4) is 0 Å². The zero-order valence-corrected chi connectivity index (χ0v) is 20.5. The van der Waals surface area contributed by atoms with Gasteiger partial charge in [0, 0.05) is 30.7 Å². The lowest BCUT2D eigenvalue weighted by Gasteiger charge is -2.29. The van der Waals surface area contributed by atoms with Crippen LogP contribution in [0.15, 0.2) is 41.3 Å². The number of pyridine rings is 1. The SMILES string of the molecule is CC1COc2c(F)c(F)cc3c(=O)c(C(=O)N[C@@H](CO)C(=O)Nc4ccc(N5CCOCC5)cc4)cn1c23. The van der Waals surface area contributed by atoms with Gasteiger partial charge in [-0.1, -0.05) is 0 Å². The molecule has 1 unspecified atom stereocenters. The summed E-state index contributed by atoms with van der Waals surface area (Å²) >= 11 is 0. The maximum Gasteiger partial charge on any atom is 0.257 e. The van der Waals surface area contributed by atoms with Crippen LogP contribution >= 0.6 is 0 Å². The van der Waals surface area contributed by atoms with Gasteiger partial charge in [0.1, 0.15) is 18.2 Å². The molecule has 200 valence electrons. The number of anilines is 2. The Hall–Kier alpha value is -4.03. The molecule has 1 fully saturated rings. The molecule has 12 heteroatoms. The minimum absolute atomic E-state index is 0.00159. The Bertz CT molecular complexity index is 1450. The number of nitrogens with zero attached hydrogens (tertiary/aromatic N) is 2. The summed E-state index contributed by atoms with van der Waals surface area (Å²) < 4.78 is 40.6. The molecule has 2 amide bonds. The maximum atomic E-state index is 14.3. The topological polar surface area (TPSA) is 122 Å². The van der Waals surface area contributed by atoms with Crippen molar-refractivity contribution in [2.45, 2.75) is 19.0 Å². The molecule has 0 saturated carbocycles. The molecule has 3 heterocycles. The largest absolute Gasteiger partial charge is 0.486 e. The lowest BCUT2D eigenvalue weighted by atomic mass is 10.1. The molecule has 0 aliphatic carbocycles. The average molecular weight is 529 g/mol. The van der Waals surface area contributed by atoms with Gasteiger partial charge in [0.15, 0.2) is 11.6 Å². The van der Waals surface area contributed by atoms with E-state index >= 15 is 0 Å². The van der Waals surface area contributed by atoms with Crippen LogP contribution in [0.1, 0.15) is 23.3 Å². The third-order valence-electron chi connectivity index (χ3n) is 6.67. The number of benzene rings is 2. The van der Waals surface area contributed by atoms with Crippen LogP contribution in [0.2, 0.25) is 0 Å². The van der Waals surface area contributed by atoms with E-state index in [0.717, 1.165) is 24.8 Å². The number of aromatic nitrogens is 1. The van der Waals surface area contributed by atoms with Gasteiger partial charge in [0.25, 0.3) is 5.91 Å². The fraction of sp³-hybridized carbons (Fsp3) is 0.346. The fourth-order valence-electron chi connectivity index (χ4n) is 4.59. The first kappa shape index (κ1) is 25.6.